The largest absolute Gasteiger partial charge is 0.351 e. The lowest BCUT2D eigenvalue weighted by atomic mass is 10.1. The zero-order valence-electron chi connectivity index (χ0n) is 15.6. The lowest BCUT2D eigenvalue weighted by Crippen LogP contribution is -2.43. The minimum absolute atomic E-state index is 0.0997. The molecule has 1 saturated heterocycles. The van der Waals surface area contributed by atoms with E-state index in [1.165, 1.54) is 16.9 Å². The topological polar surface area (TPSA) is 64.7 Å². The number of piperazine rings is 1. The summed E-state index contributed by atoms with van der Waals surface area (Å²) >= 11 is 1.48. The molecule has 6 nitrogen and oxygen atoms in total. The van der Waals surface area contributed by atoms with E-state index in [1.807, 2.05) is 23.6 Å². The molecule has 0 spiro atoms. The van der Waals surface area contributed by atoms with Crippen molar-refractivity contribution in [2.75, 3.05) is 45.1 Å². The molecule has 0 bridgehead atoms. The first-order valence-corrected chi connectivity index (χ1v) is 10.1. The zero-order chi connectivity index (χ0) is 19.1. The molecule has 0 unspecified atom stereocenters. The van der Waals surface area contributed by atoms with Crippen LogP contribution in [-0.4, -0.2) is 61.4 Å². The molecule has 0 saturated carbocycles. The van der Waals surface area contributed by atoms with Gasteiger partial charge < -0.3 is 15.5 Å². The first-order valence-electron chi connectivity index (χ1n) is 9.20. The van der Waals surface area contributed by atoms with E-state index in [4.69, 9.17) is 0 Å². The highest BCUT2D eigenvalue weighted by Gasteiger charge is 2.14. The SMILES string of the molecule is CN1CCN(Cc2cccc(NC(=O)CCNC(=O)c3ccsc3)c2)CC1. The predicted octanol–water partition coefficient (Wildman–Crippen LogP) is 2.25. The van der Waals surface area contributed by atoms with E-state index < -0.39 is 0 Å². The summed E-state index contributed by atoms with van der Waals surface area (Å²) in [5, 5.41) is 9.34. The third-order valence-electron chi connectivity index (χ3n) is 4.63. The van der Waals surface area contributed by atoms with Crippen molar-refractivity contribution in [1.29, 1.82) is 0 Å². The Morgan fingerprint density at radius 2 is 1.96 bits per heavy atom. The van der Waals surface area contributed by atoms with Crippen molar-refractivity contribution in [2.24, 2.45) is 0 Å². The van der Waals surface area contributed by atoms with E-state index in [0.717, 1.165) is 38.4 Å². The molecular formula is C20H26N4O2S. The molecule has 1 fully saturated rings. The molecule has 1 aliphatic heterocycles. The van der Waals surface area contributed by atoms with Crippen molar-refractivity contribution in [1.82, 2.24) is 15.1 Å². The molecule has 0 aliphatic carbocycles. The maximum Gasteiger partial charge on any atom is 0.252 e. The number of carbonyl (C=O) groups excluding carboxylic acids is 2. The van der Waals surface area contributed by atoms with Crippen LogP contribution in [0.25, 0.3) is 0 Å². The fourth-order valence-corrected chi connectivity index (χ4v) is 3.66. The van der Waals surface area contributed by atoms with Gasteiger partial charge in [0.25, 0.3) is 5.91 Å². The number of nitrogens with one attached hydrogen (secondary N) is 2. The van der Waals surface area contributed by atoms with E-state index in [9.17, 15) is 9.59 Å². The van der Waals surface area contributed by atoms with E-state index in [1.54, 1.807) is 11.4 Å². The second kappa shape index (κ2) is 9.64. The molecular weight excluding hydrogens is 360 g/mol. The Morgan fingerprint density at radius 1 is 1.15 bits per heavy atom. The van der Waals surface area contributed by atoms with Gasteiger partial charge >= 0.3 is 0 Å². The maximum absolute atomic E-state index is 12.1. The van der Waals surface area contributed by atoms with Gasteiger partial charge in [-0.2, -0.15) is 11.3 Å². The third kappa shape index (κ3) is 6.16. The van der Waals surface area contributed by atoms with Crippen LogP contribution in [0.2, 0.25) is 0 Å². The van der Waals surface area contributed by atoms with Gasteiger partial charge in [-0.05, 0) is 36.2 Å². The fraction of sp³-hybridized carbons (Fsp3) is 0.400. The molecule has 7 heteroatoms. The van der Waals surface area contributed by atoms with Crippen LogP contribution in [0, 0.1) is 0 Å². The summed E-state index contributed by atoms with van der Waals surface area (Å²) in [6, 6.07) is 9.76. The Hall–Kier alpha value is -2.22. The molecule has 0 radical (unpaired) electrons. The van der Waals surface area contributed by atoms with Crippen LogP contribution in [0.1, 0.15) is 22.3 Å². The molecule has 0 atom stereocenters. The minimum Gasteiger partial charge on any atom is -0.351 e. The van der Waals surface area contributed by atoms with Gasteiger partial charge in [-0.3, -0.25) is 14.5 Å². The van der Waals surface area contributed by atoms with E-state index in [-0.39, 0.29) is 18.2 Å². The Kier molecular flexibility index (Phi) is 6.98. The summed E-state index contributed by atoms with van der Waals surface area (Å²) < 4.78 is 0. The summed E-state index contributed by atoms with van der Waals surface area (Å²) in [5.74, 6) is -0.240. The van der Waals surface area contributed by atoms with E-state index in [2.05, 4.69) is 33.5 Å². The lowest BCUT2D eigenvalue weighted by molar-refractivity contribution is -0.116. The summed E-state index contributed by atoms with van der Waals surface area (Å²) in [4.78, 5) is 28.8. The molecule has 2 N–H and O–H groups in total. The standard InChI is InChI=1S/C20H26N4O2S/c1-23-8-10-24(11-9-23)14-16-3-2-4-18(13-16)22-19(25)5-7-21-20(26)17-6-12-27-15-17/h2-4,6,12-13,15H,5,7-11,14H2,1H3,(H,21,26)(H,22,25). The minimum atomic E-state index is -0.141. The molecule has 1 aromatic heterocycles. The molecule has 1 aromatic carbocycles. The van der Waals surface area contributed by atoms with Gasteiger partial charge in [0.15, 0.2) is 0 Å². The fourth-order valence-electron chi connectivity index (χ4n) is 3.02. The Morgan fingerprint density at radius 3 is 2.70 bits per heavy atom. The van der Waals surface area contributed by atoms with Crippen LogP contribution in [-0.2, 0) is 11.3 Å². The van der Waals surface area contributed by atoms with Crippen LogP contribution >= 0.6 is 11.3 Å². The number of carbonyl (C=O) groups is 2. The van der Waals surface area contributed by atoms with Crippen molar-refractivity contribution in [3.05, 3.63) is 52.2 Å². The molecule has 1 aliphatic rings. The number of likely N-dealkylation sites (N-methyl/N-ethyl adjacent to an activating group) is 1. The second-order valence-electron chi connectivity index (χ2n) is 6.85. The van der Waals surface area contributed by atoms with Crippen LogP contribution in [0.15, 0.2) is 41.1 Å². The normalized spacial score (nSPS) is 15.4. The van der Waals surface area contributed by atoms with Crippen molar-refractivity contribution in [3.63, 3.8) is 0 Å². The summed E-state index contributed by atoms with van der Waals surface area (Å²) in [6.45, 7) is 5.53. The van der Waals surface area contributed by atoms with Gasteiger partial charge in [0, 0.05) is 62.3 Å². The number of anilines is 1. The maximum atomic E-state index is 12.1. The highest BCUT2D eigenvalue weighted by Crippen LogP contribution is 2.14. The van der Waals surface area contributed by atoms with Crippen LogP contribution < -0.4 is 10.6 Å². The van der Waals surface area contributed by atoms with Crippen molar-refractivity contribution in [2.45, 2.75) is 13.0 Å². The van der Waals surface area contributed by atoms with Crippen LogP contribution in [0.3, 0.4) is 0 Å². The highest BCUT2D eigenvalue weighted by atomic mass is 32.1. The summed E-state index contributed by atoms with van der Waals surface area (Å²) in [5.41, 5.74) is 2.64. The second-order valence-corrected chi connectivity index (χ2v) is 7.63. The number of nitrogens with zero attached hydrogens (tertiary/aromatic N) is 2. The smallest absolute Gasteiger partial charge is 0.252 e. The van der Waals surface area contributed by atoms with Gasteiger partial charge in [-0.25, -0.2) is 0 Å². The van der Waals surface area contributed by atoms with E-state index >= 15 is 0 Å². The molecule has 3 rings (SSSR count). The number of thiophene rings is 1. The van der Waals surface area contributed by atoms with Gasteiger partial charge in [-0.1, -0.05) is 12.1 Å². The average molecular weight is 387 g/mol. The van der Waals surface area contributed by atoms with Crippen molar-refractivity contribution >= 4 is 28.8 Å². The van der Waals surface area contributed by atoms with Gasteiger partial charge in [0.1, 0.15) is 0 Å². The van der Waals surface area contributed by atoms with Gasteiger partial charge in [0.2, 0.25) is 5.91 Å². The third-order valence-corrected chi connectivity index (χ3v) is 5.32. The Bertz CT molecular complexity index is 755. The summed E-state index contributed by atoms with van der Waals surface area (Å²) in [7, 11) is 2.15. The molecule has 2 heterocycles. The van der Waals surface area contributed by atoms with Gasteiger partial charge in [-0.15, -0.1) is 0 Å². The van der Waals surface area contributed by atoms with E-state index in [0.29, 0.717) is 12.1 Å². The van der Waals surface area contributed by atoms with Crippen molar-refractivity contribution < 1.29 is 9.59 Å². The molecule has 2 aromatic rings. The number of hydrogen-bond donors (Lipinski definition) is 2. The molecule has 2 amide bonds. The van der Waals surface area contributed by atoms with Crippen molar-refractivity contribution in [3.8, 4) is 0 Å². The first-order chi connectivity index (χ1) is 13.1. The zero-order valence-corrected chi connectivity index (χ0v) is 16.4. The molecule has 27 heavy (non-hydrogen) atoms. The predicted molar refractivity (Wildman–Crippen MR) is 109 cm³/mol. The highest BCUT2D eigenvalue weighted by molar-refractivity contribution is 7.08. The summed E-state index contributed by atoms with van der Waals surface area (Å²) in [6.07, 6.45) is 0.249. The average Bonchev–Trinajstić information content (AvgIpc) is 3.19. The number of rotatable bonds is 7. The number of hydrogen-bond acceptors (Lipinski definition) is 5. The van der Waals surface area contributed by atoms with Crippen LogP contribution in [0.5, 0.6) is 0 Å². The monoisotopic (exact) mass is 386 g/mol. The number of benzene rings is 1. The first kappa shape index (κ1) is 19.5. The van der Waals surface area contributed by atoms with Crippen LogP contribution in [0.4, 0.5) is 5.69 Å². The van der Waals surface area contributed by atoms with Gasteiger partial charge in [0.05, 0.1) is 0 Å². The number of amides is 2. The Labute approximate surface area is 164 Å². The lowest BCUT2D eigenvalue weighted by Gasteiger charge is -2.32. The Balaban J connectivity index is 1.43. The quantitative estimate of drug-likeness (QED) is 0.766. The molecule has 144 valence electrons.